The first kappa shape index (κ1) is 25.1. The fraction of sp³-hybridized carbons (Fsp3) is 0.360. The number of nitrogens with one attached hydrogen (secondary N) is 2. The van der Waals surface area contributed by atoms with Gasteiger partial charge in [-0.05, 0) is 38.7 Å². The summed E-state index contributed by atoms with van der Waals surface area (Å²) in [5.41, 5.74) is -1.26. The lowest BCUT2D eigenvalue weighted by Gasteiger charge is -2.36. The number of likely N-dealkylation sites (N-methyl/N-ethyl adjacent to an activating group) is 1. The number of pyridine rings is 2. The maximum atomic E-state index is 13.4. The Morgan fingerprint density at radius 1 is 1.28 bits per heavy atom. The van der Waals surface area contributed by atoms with Gasteiger partial charge in [0.05, 0.1) is 6.54 Å². The van der Waals surface area contributed by atoms with Crippen LogP contribution in [0.3, 0.4) is 0 Å². The SMILES string of the molecule is CNC(=O)c1c(O)c2ncc(Cc3ccc(F)cc3)c3c2n(c1=O)CC(C)(C(=O)NCCN(C)C)O3. The van der Waals surface area contributed by atoms with Crippen LogP contribution in [-0.2, 0) is 17.8 Å². The number of nitrogens with zero attached hydrogens (tertiary/aromatic N) is 3. The third-order valence-corrected chi connectivity index (χ3v) is 6.14. The minimum atomic E-state index is -1.49. The molecule has 1 aliphatic rings. The van der Waals surface area contributed by atoms with Crippen molar-refractivity contribution in [3.05, 3.63) is 63.3 Å². The molecule has 190 valence electrons. The van der Waals surface area contributed by atoms with Crippen molar-refractivity contribution in [1.82, 2.24) is 25.1 Å². The average Bonchev–Trinajstić information content (AvgIpc) is 2.84. The Morgan fingerprint density at radius 3 is 2.61 bits per heavy atom. The van der Waals surface area contributed by atoms with Gasteiger partial charge in [0.25, 0.3) is 17.4 Å². The predicted molar refractivity (Wildman–Crippen MR) is 131 cm³/mol. The Kier molecular flexibility index (Phi) is 6.68. The summed E-state index contributed by atoms with van der Waals surface area (Å²) in [6.07, 6.45) is 1.72. The minimum absolute atomic E-state index is 0.00104. The van der Waals surface area contributed by atoms with Crippen molar-refractivity contribution < 1.29 is 23.8 Å². The normalized spacial score (nSPS) is 16.6. The van der Waals surface area contributed by atoms with Crippen LogP contribution in [0.4, 0.5) is 4.39 Å². The Morgan fingerprint density at radius 2 is 1.97 bits per heavy atom. The number of aromatic hydroxyl groups is 1. The molecule has 4 rings (SSSR count). The summed E-state index contributed by atoms with van der Waals surface area (Å²) in [5, 5.41) is 16.0. The zero-order valence-electron chi connectivity index (χ0n) is 20.5. The van der Waals surface area contributed by atoms with E-state index in [1.54, 1.807) is 19.1 Å². The number of ether oxygens (including phenoxy) is 1. The zero-order valence-corrected chi connectivity index (χ0v) is 20.5. The maximum Gasteiger partial charge on any atom is 0.268 e. The van der Waals surface area contributed by atoms with Gasteiger partial charge in [-0.15, -0.1) is 0 Å². The third kappa shape index (κ3) is 4.49. The van der Waals surface area contributed by atoms with Gasteiger partial charge in [-0.25, -0.2) is 4.39 Å². The van der Waals surface area contributed by atoms with Crippen LogP contribution in [0, 0.1) is 5.82 Å². The van der Waals surface area contributed by atoms with Crippen LogP contribution in [-0.4, -0.2) is 71.2 Å². The molecule has 10 nitrogen and oxygen atoms in total. The van der Waals surface area contributed by atoms with Gasteiger partial charge in [-0.3, -0.25) is 23.9 Å². The van der Waals surface area contributed by atoms with Crippen LogP contribution < -0.4 is 20.9 Å². The quantitative estimate of drug-likeness (QED) is 0.445. The van der Waals surface area contributed by atoms with Gasteiger partial charge < -0.3 is 25.4 Å². The molecular weight excluding hydrogens is 469 g/mol. The molecule has 1 atom stereocenters. The molecule has 3 aromatic rings. The average molecular weight is 498 g/mol. The van der Waals surface area contributed by atoms with Crippen molar-refractivity contribution in [2.24, 2.45) is 0 Å². The van der Waals surface area contributed by atoms with Gasteiger partial charge in [-0.2, -0.15) is 0 Å². The molecule has 1 aliphatic heterocycles. The van der Waals surface area contributed by atoms with Crippen molar-refractivity contribution in [1.29, 1.82) is 0 Å². The largest absolute Gasteiger partial charge is 0.505 e. The van der Waals surface area contributed by atoms with E-state index in [4.69, 9.17) is 4.74 Å². The standard InChI is InChI=1S/C25H28FN5O5/c1-25(24(35)28-9-10-30(3)4)13-31-19-18(20(32)17(23(31)34)22(33)27-2)29-12-15(21(19)36-25)11-14-5-7-16(26)8-6-14/h5-8,12,32H,9-11,13H2,1-4H3,(H,27,33)(H,28,35). The highest BCUT2D eigenvalue weighted by Gasteiger charge is 2.43. The van der Waals surface area contributed by atoms with Crippen LogP contribution >= 0.6 is 0 Å². The lowest BCUT2D eigenvalue weighted by molar-refractivity contribution is -0.137. The molecule has 36 heavy (non-hydrogen) atoms. The second-order valence-corrected chi connectivity index (χ2v) is 9.20. The van der Waals surface area contributed by atoms with Crippen LogP contribution in [0.2, 0.25) is 0 Å². The van der Waals surface area contributed by atoms with Gasteiger partial charge in [-0.1, -0.05) is 12.1 Å². The van der Waals surface area contributed by atoms with Gasteiger partial charge in [0.15, 0.2) is 11.5 Å². The second kappa shape index (κ2) is 9.57. The van der Waals surface area contributed by atoms with Gasteiger partial charge >= 0.3 is 0 Å². The summed E-state index contributed by atoms with van der Waals surface area (Å²) in [4.78, 5) is 45.3. The minimum Gasteiger partial charge on any atom is -0.505 e. The molecule has 0 spiro atoms. The molecule has 2 aromatic heterocycles. The second-order valence-electron chi connectivity index (χ2n) is 9.20. The molecule has 0 saturated carbocycles. The molecule has 3 heterocycles. The summed E-state index contributed by atoms with van der Waals surface area (Å²) < 4.78 is 20.9. The molecule has 0 saturated heterocycles. The van der Waals surface area contributed by atoms with Gasteiger partial charge in [0, 0.05) is 38.3 Å². The number of rotatable bonds is 7. The maximum absolute atomic E-state index is 13.4. The summed E-state index contributed by atoms with van der Waals surface area (Å²) in [6, 6.07) is 5.88. The number of hydrogen-bond acceptors (Lipinski definition) is 7. The summed E-state index contributed by atoms with van der Waals surface area (Å²) in [5.74, 6) is -1.96. The van der Waals surface area contributed by atoms with E-state index in [2.05, 4.69) is 15.6 Å². The third-order valence-electron chi connectivity index (χ3n) is 6.14. The van der Waals surface area contributed by atoms with Crippen molar-refractivity contribution >= 4 is 22.8 Å². The number of hydrogen-bond donors (Lipinski definition) is 3. The Bertz CT molecular complexity index is 1400. The molecule has 0 bridgehead atoms. The Labute approximate surface area is 206 Å². The van der Waals surface area contributed by atoms with Crippen LogP contribution in [0.15, 0.2) is 35.3 Å². The van der Waals surface area contributed by atoms with Gasteiger partial charge in [0.1, 0.15) is 22.4 Å². The number of benzene rings is 1. The lowest BCUT2D eigenvalue weighted by atomic mass is 9.98. The van der Waals surface area contributed by atoms with Crippen LogP contribution in [0.1, 0.15) is 28.4 Å². The number of aromatic nitrogens is 2. The highest BCUT2D eigenvalue weighted by atomic mass is 19.1. The number of carbonyl (C=O) groups is 2. The highest BCUT2D eigenvalue weighted by molar-refractivity contribution is 6.02. The molecule has 0 fully saturated rings. The molecular formula is C25H28FN5O5. The molecule has 0 radical (unpaired) electrons. The summed E-state index contributed by atoms with van der Waals surface area (Å²) in [7, 11) is 5.10. The van der Waals surface area contributed by atoms with E-state index in [0.717, 1.165) is 5.56 Å². The van der Waals surface area contributed by atoms with Crippen molar-refractivity contribution in [2.75, 3.05) is 34.2 Å². The molecule has 1 aromatic carbocycles. The fourth-order valence-electron chi connectivity index (χ4n) is 4.20. The first-order valence-electron chi connectivity index (χ1n) is 11.4. The predicted octanol–water partition coefficient (Wildman–Crippen LogP) is 1.02. The van der Waals surface area contributed by atoms with Crippen LogP contribution in [0.5, 0.6) is 11.5 Å². The molecule has 0 aliphatic carbocycles. The van der Waals surface area contributed by atoms with E-state index < -0.39 is 34.3 Å². The first-order chi connectivity index (χ1) is 17.1. The lowest BCUT2D eigenvalue weighted by Crippen LogP contribution is -2.56. The van der Waals surface area contributed by atoms with Crippen molar-refractivity contribution in [3.8, 4) is 11.5 Å². The van der Waals surface area contributed by atoms with Crippen molar-refractivity contribution in [2.45, 2.75) is 25.5 Å². The summed E-state index contributed by atoms with van der Waals surface area (Å²) >= 11 is 0. The Balaban J connectivity index is 1.88. The number of halogens is 1. The van der Waals surface area contributed by atoms with E-state index in [9.17, 15) is 23.9 Å². The zero-order chi connectivity index (χ0) is 26.2. The smallest absolute Gasteiger partial charge is 0.268 e. The van der Waals surface area contributed by atoms with Gasteiger partial charge in [0.2, 0.25) is 5.60 Å². The summed E-state index contributed by atoms with van der Waals surface area (Å²) in [6.45, 7) is 2.32. The van der Waals surface area contributed by atoms with E-state index in [1.165, 1.54) is 29.9 Å². The molecule has 2 amide bonds. The van der Waals surface area contributed by atoms with E-state index >= 15 is 0 Å². The van der Waals surface area contributed by atoms with E-state index in [0.29, 0.717) is 18.7 Å². The first-order valence-corrected chi connectivity index (χ1v) is 11.4. The van der Waals surface area contributed by atoms with E-state index in [-0.39, 0.29) is 35.6 Å². The molecule has 11 heteroatoms. The topological polar surface area (TPSA) is 126 Å². The fourth-order valence-corrected chi connectivity index (χ4v) is 4.20. The van der Waals surface area contributed by atoms with Crippen LogP contribution in [0.25, 0.3) is 11.0 Å². The van der Waals surface area contributed by atoms with Crippen molar-refractivity contribution in [3.63, 3.8) is 0 Å². The monoisotopic (exact) mass is 497 g/mol. The number of carbonyl (C=O) groups excluding carboxylic acids is 2. The molecule has 3 N–H and O–H groups in total. The Hall–Kier alpha value is -3.99. The van der Waals surface area contributed by atoms with E-state index in [1.807, 2.05) is 19.0 Å². The molecule has 1 unspecified atom stereocenters. The highest BCUT2D eigenvalue weighted by Crippen LogP contribution is 2.40. The number of amides is 2.